The van der Waals surface area contributed by atoms with Gasteiger partial charge < -0.3 is 5.32 Å². The highest BCUT2D eigenvalue weighted by Crippen LogP contribution is 2.57. The topological polar surface area (TPSA) is 12.0 Å². The number of hydrogen-bond acceptors (Lipinski definition) is 1. The Bertz CT molecular complexity index is 694. The molecule has 5 rings (SSSR count). The van der Waals surface area contributed by atoms with Crippen molar-refractivity contribution in [2.24, 2.45) is 5.41 Å². The van der Waals surface area contributed by atoms with Gasteiger partial charge in [0.05, 0.1) is 0 Å². The summed E-state index contributed by atoms with van der Waals surface area (Å²) >= 11 is 3.57. The summed E-state index contributed by atoms with van der Waals surface area (Å²) in [6, 6.07) is 17.9. The van der Waals surface area contributed by atoms with E-state index in [4.69, 9.17) is 0 Å². The SMILES string of the molecule is Cc1cccc(NCC23CCC(c4ccc(Br)cc4)(CC2)CC3)c1. The van der Waals surface area contributed by atoms with E-state index >= 15 is 0 Å². The van der Waals surface area contributed by atoms with Crippen LogP contribution in [0.2, 0.25) is 0 Å². The van der Waals surface area contributed by atoms with Crippen LogP contribution >= 0.6 is 15.9 Å². The summed E-state index contributed by atoms with van der Waals surface area (Å²) in [7, 11) is 0. The Hall–Kier alpha value is -1.28. The van der Waals surface area contributed by atoms with E-state index in [0.29, 0.717) is 10.8 Å². The maximum absolute atomic E-state index is 3.73. The molecule has 0 unspecified atom stereocenters. The van der Waals surface area contributed by atoms with Crippen molar-refractivity contribution in [3.05, 3.63) is 64.1 Å². The Morgan fingerprint density at radius 2 is 1.58 bits per heavy atom. The van der Waals surface area contributed by atoms with E-state index in [1.807, 2.05) is 0 Å². The molecule has 3 fully saturated rings. The Labute approximate surface area is 154 Å². The van der Waals surface area contributed by atoms with Gasteiger partial charge in [0.15, 0.2) is 0 Å². The van der Waals surface area contributed by atoms with E-state index in [-0.39, 0.29) is 0 Å². The lowest BCUT2D eigenvalue weighted by Gasteiger charge is -2.54. The Morgan fingerprint density at radius 1 is 0.917 bits per heavy atom. The fourth-order valence-electron chi connectivity index (χ4n) is 4.81. The lowest BCUT2D eigenvalue weighted by Crippen LogP contribution is -2.47. The summed E-state index contributed by atoms with van der Waals surface area (Å²) in [6.45, 7) is 3.30. The summed E-state index contributed by atoms with van der Waals surface area (Å²) in [4.78, 5) is 0. The minimum absolute atomic E-state index is 0.450. The maximum atomic E-state index is 3.73. The molecule has 2 aromatic rings. The van der Waals surface area contributed by atoms with Gasteiger partial charge in [0, 0.05) is 16.7 Å². The molecule has 0 aliphatic heterocycles. The molecule has 0 amide bonds. The van der Waals surface area contributed by atoms with Crippen LogP contribution in [0.5, 0.6) is 0 Å². The number of halogens is 1. The van der Waals surface area contributed by atoms with Crippen molar-refractivity contribution in [1.82, 2.24) is 0 Å². The largest absolute Gasteiger partial charge is 0.384 e. The third kappa shape index (κ3) is 3.01. The van der Waals surface area contributed by atoms with Gasteiger partial charge in [-0.3, -0.25) is 0 Å². The number of aryl methyl sites for hydroxylation is 1. The van der Waals surface area contributed by atoms with Crippen molar-refractivity contribution < 1.29 is 0 Å². The third-order valence-electron chi connectivity index (χ3n) is 6.54. The minimum atomic E-state index is 0.450. The summed E-state index contributed by atoms with van der Waals surface area (Å²) in [5.74, 6) is 0. The second-order valence-electron chi connectivity index (χ2n) is 8.01. The molecule has 0 radical (unpaired) electrons. The standard InChI is InChI=1S/C22H26BrN/c1-17-3-2-4-20(15-17)24-16-21-9-12-22(13-10-21,14-11-21)18-5-7-19(23)8-6-18/h2-8,15,24H,9-14,16H2,1H3. The lowest BCUT2D eigenvalue weighted by molar-refractivity contribution is 0.0506. The van der Waals surface area contributed by atoms with Gasteiger partial charge >= 0.3 is 0 Å². The van der Waals surface area contributed by atoms with Gasteiger partial charge in [-0.15, -0.1) is 0 Å². The van der Waals surface area contributed by atoms with E-state index in [0.717, 1.165) is 6.54 Å². The summed E-state index contributed by atoms with van der Waals surface area (Å²) in [5, 5.41) is 3.73. The fourth-order valence-corrected chi connectivity index (χ4v) is 5.07. The first-order valence-electron chi connectivity index (χ1n) is 9.16. The van der Waals surface area contributed by atoms with Crippen molar-refractivity contribution in [3.63, 3.8) is 0 Å². The number of anilines is 1. The highest BCUT2D eigenvalue weighted by Gasteiger charge is 2.48. The zero-order chi connectivity index (χ0) is 16.6. The molecule has 2 bridgehead atoms. The molecule has 2 aromatic carbocycles. The summed E-state index contributed by atoms with van der Waals surface area (Å²) < 4.78 is 1.19. The Kier molecular flexibility index (Phi) is 4.20. The average molecular weight is 384 g/mol. The normalized spacial score (nSPS) is 28.8. The monoisotopic (exact) mass is 383 g/mol. The van der Waals surface area contributed by atoms with Crippen LogP contribution in [0, 0.1) is 12.3 Å². The quantitative estimate of drug-likeness (QED) is 0.638. The van der Waals surface area contributed by atoms with Gasteiger partial charge in [-0.1, -0.05) is 40.2 Å². The van der Waals surface area contributed by atoms with Crippen molar-refractivity contribution in [3.8, 4) is 0 Å². The second kappa shape index (κ2) is 6.22. The number of nitrogens with one attached hydrogen (secondary N) is 1. The number of benzene rings is 2. The molecule has 3 aliphatic carbocycles. The summed E-state index contributed by atoms with van der Waals surface area (Å²) in [5.41, 5.74) is 5.14. The van der Waals surface area contributed by atoms with Crippen LogP contribution in [0.3, 0.4) is 0 Å². The lowest BCUT2D eigenvalue weighted by atomic mass is 9.52. The van der Waals surface area contributed by atoms with Crippen LogP contribution in [0.15, 0.2) is 53.0 Å². The van der Waals surface area contributed by atoms with E-state index < -0.39 is 0 Å². The number of hydrogen-bond donors (Lipinski definition) is 1. The van der Waals surface area contributed by atoms with E-state index in [1.54, 1.807) is 5.56 Å². The molecule has 0 saturated heterocycles. The van der Waals surface area contributed by atoms with E-state index in [1.165, 1.54) is 54.2 Å². The smallest absolute Gasteiger partial charge is 0.0342 e. The highest BCUT2D eigenvalue weighted by molar-refractivity contribution is 9.10. The average Bonchev–Trinajstić information content (AvgIpc) is 2.62. The van der Waals surface area contributed by atoms with Crippen LogP contribution in [-0.4, -0.2) is 6.54 Å². The zero-order valence-corrected chi connectivity index (χ0v) is 16.0. The van der Waals surface area contributed by atoms with Crippen molar-refractivity contribution >= 4 is 21.6 Å². The molecule has 1 N–H and O–H groups in total. The van der Waals surface area contributed by atoms with Gasteiger partial charge in [-0.05, 0) is 91.7 Å². The van der Waals surface area contributed by atoms with Gasteiger partial charge in [-0.25, -0.2) is 0 Å². The number of fused-ring (bicyclic) bond motifs is 3. The molecule has 0 atom stereocenters. The molecule has 0 aromatic heterocycles. The third-order valence-corrected chi connectivity index (χ3v) is 7.07. The predicted octanol–water partition coefficient (Wildman–Crippen LogP) is 6.46. The van der Waals surface area contributed by atoms with Gasteiger partial charge in [-0.2, -0.15) is 0 Å². The zero-order valence-electron chi connectivity index (χ0n) is 14.4. The molecule has 24 heavy (non-hydrogen) atoms. The predicted molar refractivity (Wildman–Crippen MR) is 106 cm³/mol. The van der Waals surface area contributed by atoms with Crippen LogP contribution in [0.4, 0.5) is 5.69 Å². The molecule has 126 valence electrons. The molecule has 3 aliphatic rings. The molecule has 0 spiro atoms. The summed E-state index contributed by atoms with van der Waals surface area (Å²) in [6.07, 6.45) is 8.14. The van der Waals surface area contributed by atoms with Gasteiger partial charge in [0.2, 0.25) is 0 Å². The Morgan fingerprint density at radius 3 is 2.21 bits per heavy atom. The van der Waals surface area contributed by atoms with E-state index in [2.05, 4.69) is 76.7 Å². The Balaban J connectivity index is 1.44. The molecule has 2 heteroatoms. The van der Waals surface area contributed by atoms with Crippen molar-refractivity contribution in [2.45, 2.75) is 50.9 Å². The van der Waals surface area contributed by atoms with Crippen LogP contribution in [0.1, 0.15) is 49.7 Å². The highest BCUT2D eigenvalue weighted by atomic mass is 79.9. The molecule has 1 nitrogen and oxygen atoms in total. The van der Waals surface area contributed by atoms with Crippen molar-refractivity contribution in [1.29, 1.82) is 0 Å². The molecule has 3 saturated carbocycles. The molecular weight excluding hydrogens is 358 g/mol. The number of rotatable bonds is 4. The molecule has 0 heterocycles. The maximum Gasteiger partial charge on any atom is 0.0342 e. The first kappa shape index (κ1) is 16.2. The van der Waals surface area contributed by atoms with Crippen LogP contribution in [-0.2, 0) is 5.41 Å². The van der Waals surface area contributed by atoms with Crippen LogP contribution in [0.25, 0.3) is 0 Å². The van der Waals surface area contributed by atoms with Gasteiger partial charge in [0.25, 0.3) is 0 Å². The second-order valence-corrected chi connectivity index (χ2v) is 8.93. The van der Waals surface area contributed by atoms with E-state index in [9.17, 15) is 0 Å². The minimum Gasteiger partial charge on any atom is -0.384 e. The molecular formula is C22H26BrN. The fraction of sp³-hybridized carbons (Fsp3) is 0.455. The first-order chi connectivity index (χ1) is 11.6. The van der Waals surface area contributed by atoms with Gasteiger partial charge in [0.1, 0.15) is 0 Å². The van der Waals surface area contributed by atoms with Crippen molar-refractivity contribution in [2.75, 3.05) is 11.9 Å². The first-order valence-corrected chi connectivity index (χ1v) is 9.95. The van der Waals surface area contributed by atoms with Crippen LogP contribution < -0.4 is 5.32 Å².